The molecule has 9 nitrogen and oxygen atoms in total. The molecule has 4 fully saturated rings. The molecule has 3 unspecified atom stereocenters. The Labute approximate surface area is 197 Å². The van der Waals surface area contributed by atoms with Gasteiger partial charge in [0.2, 0.25) is 0 Å². The molecule has 0 aromatic rings. The lowest BCUT2D eigenvalue weighted by molar-refractivity contribution is -0.208. The Bertz CT molecular complexity index is 903. The number of halogens is 2. The van der Waals surface area contributed by atoms with Crippen molar-refractivity contribution >= 4 is 22.1 Å². The van der Waals surface area contributed by atoms with Gasteiger partial charge in [-0.25, -0.2) is 4.79 Å². The molecule has 0 amide bonds. The van der Waals surface area contributed by atoms with Gasteiger partial charge in [-0.05, 0) is 69.6 Å². The highest BCUT2D eigenvalue weighted by Crippen LogP contribution is 2.65. The van der Waals surface area contributed by atoms with Crippen molar-refractivity contribution in [2.45, 2.75) is 63.9 Å². The van der Waals surface area contributed by atoms with Gasteiger partial charge < -0.3 is 18.9 Å². The minimum absolute atomic E-state index is 0.0534. The Morgan fingerprint density at radius 2 is 1.74 bits per heavy atom. The van der Waals surface area contributed by atoms with Crippen LogP contribution in [0.5, 0.6) is 0 Å². The summed E-state index contributed by atoms with van der Waals surface area (Å²) in [5.41, 5.74) is -1.01. The SMILES string of the molecule is C=C(C)C(=O)OCCOC(C)OCC12CC3CC(C1)CC(C(=O)OCC(F)(F)S(=O)(=O)O)(C3)C2. The number of alkyl halides is 2. The molecule has 1 N–H and O–H groups in total. The van der Waals surface area contributed by atoms with Gasteiger partial charge in [0, 0.05) is 5.57 Å². The minimum Gasteiger partial charge on any atom is -0.460 e. The third kappa shape index (κ3) is 5.95. The summed E-state index contributed by atoms with van der Waals surface area (Å²) in [7, 11) is -5.68. The molecule has 34 heavy (non-hydrogen) atoms. The average Bonchev–Trinajstić information content (AvgIpc) is 2.71. The standard InChI is InChI=1S/C22H32F2O9S/c1-14(2)18(25)31-5-4-30-15(3)32-12-20-7-16-6-17(8-20)10-21(9-16,11-20)19(26)33-13-22(23,24)34(27,28)29/h15-17H,1,4-13H2,2-3H3,(H,27,28,29). The van der Waals surface area contributed by atoms with Gasteiger partial charge in [0.15, 0.2) is 12.9 Å². The quantitative estimate of drug-likeness (QED) is 0.139. The van der Waals surface area contributed by atoms with E-state index in [9.17, 15) is 26.8 Å². The summed E-state index contributed by atoms with van der Waals surface area (Å²) in [4.78, 5) is 24.3. The van der Waals surface area contributed by atoms with Crippen LogP contribution in [-0.2, 0) is 38.7 Å². The van der Waals surface area contributed by atoms with Crippen LogP contribution in [0.2, 0.25) is 0 Å². The van der Waals surface area contributed by atoms with Crippen LogP contribution in [0, 0.1) is 22.7 Å². The third-order valence-corrected chi connectivity index (χ3v) is 7.88. The van der Waals surface area contributed by atoms with Gasteiger partial charge in [-0.15, -0.1) is 0 Å². The van der Waals surface area contributed by atoms with E-state index in [0.717, 1.165) is 19.3 Å². The van der Waals surface area contributed by atoms with Gasteiger partial charge in [0.25, 0.3) is 0 Å². The summed E-state index contributed by atoms with van der Waals surface area (Å²) >= 11 is 0. The Morgan fingerprint density at radius 1 is 1.12 bits per heavy atom. The predicted octanol–water partition coefficient (Wildman–Crippen LogP) is 3.10. The van der Waals surface area contributed by atoms with Crippen LogP contribution in [0.3, 0.4) is 0 Å². The molecule has 0 spiro atoms. The topological polar surface area (TPSA) is 125 Å². The molecule has 4 aliphatic rings. The van der Waals surface area contributed by atoms with Crippen molar-refractivity contribution in [1.82, 2.24) is 0 Å². The molecule has 0 heterocycles. The summed E-state index contributed by atoms with van der Waals surface area (Å²) in [6, 6.07) is 0. The normalized spacial score (nSPS) is 31.2. The van der Waals surface area contributed by atoms with Crippen molar-refractivity contribution in [2.75, 3.05) is 26.4 Å². The fraction of sp³-hybridized carbons (Fsp3) is 0.818. The maximum Gasteiger partial charge on any atom is 0.402 e. The molecule has 0 radical (unpaired) electrons. The van der Waals surface area contributed by atoms with Gasteiger partial charge >= 0.3 is 27.3 Å². The number of rotatable bonds is 12. The second kappa shape index (κ2) is 9.79. The van der Waals surface area contributed by atoms with E-state index in [1.165, 1.54) is 0 Å². The Kier molecular flexibility index (Phi) is 7.76. The fourth-order valence-electron chi connectivity index (χ4n) is 6.05. The largest absolute Gasteiger partial charge is 0.460 e. The molecule has 4 rings (SSSR count). The van der Waals surface area contributed by atoms with Crippen molar-refractivity contribution in [3.05, 3.63) is 12.2 Å². The molecule has 0 aliphatic heterocycles. The van der Waals surface area contributed by atoms with Crippen LogP contribution >= 0.6 is 0 Å². The highest BCUT2D eigenvalue weighted by Gasteiger charge is 2.62. The van der Waals surface area contributed by atoms with Crippen LogP contribution in [0.25, 0.3) is 0 Å². The number of carbonyl (C=O) groups excluding carboxylic acids is 2. The van der Waals surface area contributed by atoms with Crippen LogP contribution in [-0.4, -0.2) is 62.9 Å². The zero-order chi connectivity index (χ0) is 25.4. The van der Waals surface area contributed by atoms with Crippen LogP contribution in [0.1, 0.15) is 52.4 Å². The minimum atomic E-state index is -5.68. The van der Waals surface area contributed by atoms with E-state index in [2.05, 4.69) is 6.58 Å². The van der Waals surface area contributed by atoms with Crippen molar-refractivity contribution in [3.63, 3.8) is 0 Å². The summed E-state index contributed by atoms with van der Waals surface area (Å²) in [6.07, 6.45) is 3.42. The van der Waals surface area contributed by atoms with Gasteiger partial charge in [-0.3, -0.25) is 9.35 Å². The second-order valence-corrected chi connectivity index (χ2v) is 11.6. The first kappa shape index (κ1) is 27.0. The molecular weight excluding hydrogens is 478 g/mol. The molecule has 194 valence electrons. The van der Waals surface area contributed by atoms with Crippen molar-refractivity contribution in [3.8, 4) is 0 Å². The zero-order valence-corrected chi connectivity index (χ0v) is 20.2. The van der Waals surface area contributed by atoms with E-state index in [0.29, 0.717) is 31.4 Å². The average molecular weight is 511 g/mol. The highest BCUT2D eigenvalue weighted by molar-refractivity contribution is 7.86. The van der Waals surface area contributed by atoms with Crippen LogP contribution < -0.4 is 0 Å². The first-order chi connectivity index (χ1) is 15.7. The number of ether oxygens (including phenoxy) is 4. The molecule has 4 aliphatic carbocycles. The maximum atomic E-state index is 13.6. The molecule has 4 bridgehead atoms. The molecular formula is C22H32F2O9S. The Morgan fingerprint density at radius 3 is 2.29 bits per heavy atom. The van der Waals surface area contributed by atoms with Crippen LogP contribution in [0.4, 0.5) is 8.78 Å². The van der Waals surface area contributed by atoms with E-state index in [-0.39, 0.29) is 30.5 Å². The molecule has 3 atom stereocenters. The third-order valence-electron chi connectivity index (χ3n) is 7.01. The number of carbonyl (C=O) groups is 2. The summed E-state index contributed by atoms with van der Waals surface area (Å²) in [5, 5.41) is -4.56. The lowest BCUT2D eigenvalue weighted by Crippen LogP contribution is -2.57. The molecule has 0 aromatic carbocycles. The zero-order valence-electron chi connectivity index (χ0n) is 19.4. The molecule has 0 saturated heterocycles. The fourth-order valence-corrected chi connectivity index (χ4v) is 6.26. The van der Waals surface area contributed by atoms with E-state index < -0.39 is 45.6 Å². The summed E-state index contributed by atoms with van der Waals surface area (Å²) in [5.74, 6) is -0.912. The lowest BCUT2D eigenvalue weighted by atomic mass is 9.44. The first-order valence-corrected chi connectivity index (χ1v) is 12.7. The van der Waals surface area contributed by atoms with E-state index in [1.807, 2.05) is 0 Å². The Hall–Kier alpha value is -1.63. The van der Waals surface area contributed by atoms with Gasteiger partial charge in [-0.1, -0.05) is 6.58 Å². The monoisotopic (exact) mass is 510 g/mol. The summed E-state index contributed by atoms with van der Waals surface area (Å²) < 4.78 is 78.6. The van der Waals surface area contributed by atoms with Crippen molar-refractivity contribution < 1.29 is 50.3 Å². The molecule has 12 heteroatoms. The van der Waals surface area contributed by atoms with Gasteiger partial charge in [-0.2, -0.15) is 17.2 Å². The van der Waals surface area contributed by atoms with Crippen LogP contribution in [0.15, 0.2) is 12.2 Å². The summed E-state index contributed by atoms with van der Waals surface area (Å²) in [6.45, 7) is 5.53. The van der Waals surface area contributed by atoms with Crippen molar-refractivity contribution in [1.29, 1.82) is 0 Å². The van der Waals surface area contributed by atoms with Gasteiger partial charge in [0.05, 0.1) is 18.6 Å². The number of esters is 2. The highest BCUT2D eigenvalue weighted by atomic mass is 32.2. The molecule has 4 saturated carbocycles. The number of hydrogen-bond acceptors (Lipinski definition) is 8. The predicted molar refractivity (Wildman–Crippen MR) is 114 cm³/mol. The van der Waals surface area contributed by atoms with Gasteiger partial charge in [0.1, 0.15) is 6.61 Å². The molecule has 0 aromatic heterocycles. The Balaban J connectivity index is 1.55. The maximum absolute atomic E-state index is 13.6. The second-order valence-electron chi connectivity index (χ2n) is 10.1. The lowest BCUT2D eigenvalue weighted by Gasteiger charge is -2.60. The van der Waals surface area contributed by atoms with Crippen molar-refractivity contribution in [2.24, 2.45) is 22.7 Å². The van der Waals surface area contributed by atoms with E-state index >= 15 is 0 Å². The smallest absolute Gasteiger partial charge is 0.402 e. The number of hydrogen-bond donors (Lipinski definition) is 1. The van der Waals surface area contributed by atoms with E-state index in [4.69, 9.17) is 23.5 Å². The first-order valence-electron chi connectivity index (χ1n) is 11.2. The van der Waals surface area contributed by atoms with E-state index in [1.54, 1.807) is 13.8 Å².